The van der Waals surface area contributed by atoms with Crippen molar-refractivity contribution >= 4 is 28.5 Å². The van der Waals surface area contributed by atoms with Gasteiger partial charge in [-0.2, -0.15) is 5.10 Å². The van der Waals surface area contributed by atoms with Crippen LogP contribution in [0.15, 0.2) is 18.7 Å². The molecular weight excluding hydrogens is 392 g/mol. The van der Waals surface area contributed by atoms with Gasteiger partial charge in [-0.15, -0.1) is 5.10 Å². The number of rotatable bonds is 6. The van der Waals surface area contributed by atoms with Crippen LogP contribution in [0.5, 0.6) is 0 Å². The zero-order valence-electron chi connectivity index (χ0n) is 16.4. The van der Waals surface area contributed by atoms with Crippen LogP contribution >= 0.6 is 0 Å². The molecule has 1 saturated heterocycles. The number of carbonyl (C=O) groups is 2. The number of carbonyl (C=O) groups excluding carboxylic acids is 2. The van der Waals surface area contributed by atoms with E-state index in [1.165, 1.54) is 17.2 Å². The van der Waals surface area contributed by atoms with E-state index < -0.39 is 11.8 Å². The number of hydrogen-bond donors (Lipinski definition) is 3. The van der Waals surface area contributed by atoms with Gasteiger partial charge in [-0.3, -0.25) is 20.4 Å². The minimum Gasteiger partial charge on any atom is -0.381 e. The molecule has 13 nitrogen and oxygen atoms in total. The predicted octanol–water partition coefficient (Wildman–Crippen LogP) is -0.510. The smallest absolute Gasteiger partial charge is 0.273 e. The Morgan fingerprint density at radius 1 is 1.23 bits per heavy atom. The van der Waals surface area contributed by atoms with Crippen molar-refractivity contribution in [1.29, 1.82) is 0 Å². The monoisotopic (exact) mass is 414 g/mol. The van der Waals surface area contributed by atoms with E-state index in [1.807, 2.05) is 6.92 Å². The van der Waals surface area contributed by atoms with E-state index in [-0.39, 0.29) is 12.6 Å². The molecule has 4 heterocycles. The van der Waals surface area contributed by atoms with Crippen LogP contribution < -0.4 is 16.2 Å². The lowest BCUT2D eigenvalue weighted by Crippen LogP contribution is -2.43. The number of anilines is 1. The molecule has 30 heavy (non-hydrogen) atoms. The first-order valence-corrected chi connectivity index (χ1v) is 9.64. The summed E-state index contributed by atoms with van der Waals surface area (Å²) in [5.41, 5.74) is 6.42. The van der Waals surface area contributed by atoms with Crippen molar-refractivity contribution in [1.82, 2.24) is 45.8 Å². The van der Waals surface area contributed by atoms with Crippen LogP contribution in [0.25, 0.3) is 11.0 Å². The van der Waals surface area contributed by atoms with Gasteiger partial charge in [-0.25, -0.2) is 14.3 Å². The van der Waals surface area contributed by atoms with E-state index in [2.05, 4.69) is 41.8 Å². The van der Waals surface area contributed by atoms with E-state index in [0.29, 0.717) is 36.7 Å². The van der Waals surface area contributed by atoms with E-state index in [0.717, 1.165) is 18.2 Å². The quantitative estimate of drug-likeness (QED) is 0.452. The average Bonchev–Trinajstić information content (AvgIpc) is 3.42. The molecule has 1 aliphatic rings. The SMILES string of the molecule is CCn1ncc2c(NC3CCOCC3)c(C(=O)NNC(=O)Cn3cnnn3)cnc21. The molecule has 158 valence electrons. The molecule has 3 N–H and O–H groups in total. The minimum absolute atomic E-state index is 0.124. The number of tetrazole rings is 1. The fourth-order valence-electron chi connectivity index (χ4n) is 3.27. The Morgan fingerprint density at radius 2 is 2.07 bits per heavy atom. The summed E-state index contributed by atoms with van der Waals surface area (Å²) in [6.45, 7) is 3.83. The van der Waals surface area contributed by atoms with Gasteiger partial charge < -0.3 is 10.1 Å². The van der Waals surface area contributed by atoms with Crippen molar-refractivity contribution in [2.24, 2.45) is 0 Å². The molecule has 4 rings (SSSR count). The maximum Gasteiger partial charge on any atom is 0.273 e. The number of hydrazine groups is 1. The lowest BCUT2D eigenvalue weighted by molar-refractivity contribution is -0.122. The van der Waals surface area contributed by atoms with E-state index >= 15 is 0 Å². The number of aromatic nitrogens is 7. The predicted molar refractivity (Wildman–Crippen MR) is 104 cm³/mol. The Hall–Kier alpha value is -3.61. The number of ether oxygens (including phenoxy) is 1. The topological polar surface area (TPSA) is 154 Å². The highest BCUT2D eigenvalue weighted by atomic mass is 16.5. The molecule has 3 aromatic rings. The van der Waals surface area contributed by atoms with Crippen LogP contribution in [-0.4, -0.2) is 66.0 Å². The van der Waals surface area contributed by atoms with E-state index in [4.69, 9.17) is 4.74 Å². The van der Waals surface area contributed by atoms with Crippen molar-refractivity contribution < 1.29 is 14.3 Å². The van der Waals surface area contributed by atoms with Gasteiger partial charge in [0.1, 0.15) is 12.9 Å². The van der Waals surface area contributed by atoms with Crippen LogP contribution in [0.1, 0.15) is 30.1 Å². The lowest BCUT2D eigenvalue weighted by Gasteiger charge is -2.25. The van der Waals surface area contributed by atoms with E-state index in [1.54, 1.807) is 10.9 Å². The molecule has 0 atom stereocenters. The zero-order valence-corrected chi connectivity index (χ0v) is 16.4. The lowest BCUT2D eigenvalue weighted by atomic mass is 10.1. The highest BCUT2D eigenvalue weighted by Crippen LogP contribution is 2.28. The largest absolute Gasteiger partial charge is 0.381 e. The van der Waals surface area contributed by atoms with Gasteiger partial charge in [0, 0.05) is 32.0 Å². The average molecular weight is 414 g/mol. The summed E-state index contributed by atoms with van der Waals surface area (Å²) in [7, 11) is 0. The second-order valence-corrected chi connectivity index (χ2v) is 6.79. The fourth-order valence-corrected chi connectivity index (χ4v) is 3.27. The molecule has 0 aromatic carbocycles. The molecule has 0 aliphatic carbocycles. The van der Waals surface area contributed by atoms with Crippen molar-refractivity contribution in [3.63, 3.8) is 0 Å². The maximum absolute atomic E-state index is 12.8. The number of fused-ring (bicyclic) bond motifs is 1. The van der Waals surface area contributed by atoms with Crippen LogP contribution in [0.2, 0.25) is 0 Å². The van der Waals surface area contributed by atoms with Crippen molar-refractivity contribution in [2.45, 2.75) is 38.9 Å². The Labute approximate surface area is 171 Å². The normalized spacial score (nSPS) is 14.6. The Kier molecular flexibility index (Phi) is 5.79. The highest BCUT2D eigenvalue weighted by Gasteiger charge is 2.22. The molecule has 2 amide bonds. The molecule has 0 radical (unpaired) electrons. The van der Waals surface area contributed by atoms with Gasteiger partial charge >= 0.3 is 0 Å². The highest BCUT2D eigenvalue weighted by molar-refractivity contribution is 6.06. The third-order valence-corrected chi connectivity index (χ3v) is 4.79. The van der Waals surface area contributed by atoms with Gasteiger partial charge in [0.25, 0.3) is 11.8 Å². The second-order valence-electron chi connectivity index (χ2n) is 6.79. The minimum atomic E-state index is -0.492. The number of aryl methyl sites for hydroxylation is 1. The van der Waals surface area contributed by atoms with Crippen LogP contribution in [0.4, 0.5) is 5.69 Å². The van der Waals surface area contributed by atoms with Crippen LogP contribution in [0.3, 0.4) is 0 Å². The summed E-state index contributed by atoms with van der Waals surface area (Å²) in [4.78, 5) is 29.2. The third kappa shape index (κ3) is 4.20. The number of pyridine rings is 1. The molecule has 3 aromatic heterocycles. The number of nitrogens with zero attached hydrogens (tertiary/aromatic N) is 7. The molecular formula is C17H22N10O3. The third-order valence-electron chi connectivity index (χ3n) is 4.79. The summed E-state index contributed by atoms with van der Waals surface area (Å²) in [6.07, 6.45) is 6.15. The standard InChI is InChI=1S/C17H22N10O3/c1-2-27-16-12(8-20-27)15(21-11-3-5-30-6-4-11)13(7-18-16)17(29)23-22-14(28)9-26-10-19-24-25-26/h7-8,10-11H,2-6,9H2,1H3,(H,18,21)(H,22,28)(H,23,29). The summed E-state index contributed by atoms with van der Waals surface area (Å²) >= 11 is 0. The van der Waals surface area contributed by atoms with Gasteiger partial charge in [-0.05, 0) is 30.2 Å². The first-order chi connectivity index (χ1) is 14.7. The first-order valence-electron chi connectivity index (χ1n) is 9.64. The van der Waals surface area contributed by atoms with Gasteiger partial charge in [-0.1, -0.05) is 0 Å². The molecule has 1 fully saturated rings. The summed E-state index contributed by atoms with van der Waals surface area (Å²) in [5, 5.41) is 19.1. The molecule has 0 unspecified atom stereocenters. The summed E-state index contributed by atoms with van der Waals surface area (Å²) < 4.78 is 8.43. The van der Waals surface area contributed by atoms with Gasteiger partial charge in [0.15, 0.2) is 5.65 Å². The van der Waals surface area contributed by atoms with E-state index in [9.17, 15) is 9.59 Å². The Morgan fingerprint density at radius 3 is 2.80 bits per heavy atom. The molecule has 0 saturated carbocycles. The van der Waals surface area contributed by atoms with Crippen molar-refractivity contribution in [2.75, 3.05) is 18.5 Å². The second kappa shape index (κ2) is 8.82. The van der Waals surface area contributed by atoms with Crippen LogP contribution in [0, 0.1) is 0 Å². The summed E-state index contributed by atoms with van der Waals surface area (Å²) in [6, 6.07) is 0.162. The fraction of sp³-hybridized carbons (Fsp3) is 0.471. The number of hydrogen-bond acceptors (Lipinski definition) is 9. The maximum atomic E-state index is 12.8. The summed E-state index contributed by atoms with van der Waals surface area (Å²) in [5.74, 6) is -0.962. The number of amides is 2. The zero-order chi connectivity index (χ0) is 20.9. The Balaban J connectivity index is 1.54. The Bertz CT molecular complexity index is 1030. The van der Waals surface area contributed by atoms with Crippen molar-refractivity contribution in [3.8, 4) is 0 Å². The molecule has 13 heteroatoms. The van der Waals surface area contributed by atoms with Gasteiger partial charge in [0.2, 0.25) is 0 Å². The van der Waals surface area contributed by atoms with Crippen LogP contribution in [-0.2, 0) is 22.6 Å². The first kappa shape index (κ1) is 19.7. The molecule has 0 spiro atoms. The molecule has 0 bridgehead atoms. The van der Waals surface area contributed by atoms with Crippen molar-refractivity contribution in [3.05, 3.63) is 24.3 Å². The number of nitrogens with one attached hydrogen (secondary N) is 3. The van der Waals surface area contributed by atoms with Gasteiger partial charge in [0.05, 0.1) is 22.8 Å². The molecule has 1 aliphatic heterocycles.